The van der Waals surface area contributed by atoms with Crippen molar-refractivity contribution in [3.8, 4) is 0 Å². The molecule has 90 valence electrons. The minimum atomic E-state index is 0.333. The lowest BCUT2D eigenvalue weighted by Gasteiger charge is -2.08. The molecule has 1 aromatic heterocycles. The zero-order valence-electron chi connectivity index (χ0n) is 10.1. The van der Waals surface area contributed by atoms with Gasteiger partial charge in [-0.1, -0.05) is 18.2 Å². The molecular formula is C12H17N5. The van der Waals surface area contributed by atoms with Gasteiger partial charge in [-0.15, -0.1) is 5.10 Å². The van der Waals surface area contributed by atoms with Crippen molar-refractivity contribution in [2.45, 2.75) is 20.3 Å². The molecule has 17 heavy (non-hydrogen) atoms. The van der Waals surface area contributed by atoms with Gasteiger partial charge in [-0.25, -0.2) is 5.10 Å². The van der Waals surface area contributed by atoms with Gasteiger partial charge in [0.1, 0.15) is 0 Å². The van der Waals surface area contributed by atoms with E-state index in [0.29, 0.717) is 11.9 Å². The molecule has 1 heterocycles. The van der Waals surface area contributed by atoms with Crippen LogP contribution in [0.1, 0.15) is 16.7 Å². The number of H-pyrrole nitrogens is 1. The number of anilines is 2. The van der Waals surface area contributed by atoms with Crippen molar-refractivity contribution in [1.82, 2.24) is 15.2 Å². The first-order chi connectivity index (χ1) is 8.16. The van der Waals surface area contributed by atoms with Gasteiger partial charge >= 0.3 is 0 Å². The van der Waals surface area contributed by atoms with Gasteiger partial charge in [0.05, 0.1) is 0 Å². The summed E-state index contributed by atoms with van der Waals surface area (Å²) in [5.41, 5.74) is 9.46. The van der Waals surface area contributed by atoms with E-state index in [4.69, 9.17) is 5.73 Å². The summed E-state index contributed by atoms with van der Waals surface area (Å²) < 4.78 is 0. The highest BCUT2D eigenvalue weighted by molar-refractivity contribution is 5.35. The van der Waals surface area contributed by atoms with Crippen molar-refractivity contribution < 1.29 is 0 Å². The van der Waals surface area contributed by atoms with Gasteiger partial charge in [0.15, 0.2) is 0 Å². The predicted molar refractivity (Wildman–Crippen MR) is 68.9 cm³/mol. The number of aryl methyl sites for hydroxylation is 1. The molecule has 2 rings (SSSR count). The second kappa shape index (κ2) is 4.86. The first kappa shape index (κ1) is 11.4. The summed E-state index contributed by atoms with van der Waals surface area (Å²) in [6, 6.07) is 6.36. The first-order valence-electron chi connectivity index (χ1n) is 5.63. The van der Waals surface area contributed by atoms with Crippen LogP contribution in [0.5, 0.6) is 0 Å². The molecule has 0 atom stereocenters. The Balaban J connectivity index is 1.92. The zero-order chi connectivity index (χ0) is 12.3. The molecule has 0 fully saturated rings. The van der Waals surface area contributed by atoms with Crippen LogP contribution in [0.4, 0.5) is 11.9 Å². The second-order valence-electron chi connectivity index (χ2n) is 4.08. The normalized spacial score (nSPS) is 10.5. The lowest BCUT2D eigenvalue weighted by Crippen LogP contribution is -2.07. The van der Waals surface area contributed by atoms with Crippen molar-refractivity contribution >= 4 is 11.9 Å². The first-order valence-corrected chi connectivity index (χ1v) is 5.63. The lowest BCUT2D eigenvalue weighted by molar-refractivity contribution is 0.971. The summed E-state index contributed by atoms with van der Waals surface area (Å²) >= 11 is 0. The number of rotatable bonds is 4. The van der Waals surface area contributed by atoms with Crippen LogP contribution in [0, 0.1) is 13.8 Å². The molecule has 0 radical (unpaired) electrons. The van der Waals surface area contributed by atoms with Crippen LogP contribution in [0.3, 0.4) is 0 Å². The van der Waals surface area contributed by atoms with E-state index in [0.717, 1.165) is 13.0 Å². The molecule has 0 aliphatic rings. The van der Waals surface area contributed by atoms with E-state index in [2.05, 4.69) is 52.5 Å². The highest BCUT2D eigenvalue weighted by atomic mass is 15.3. The number of hydrogen-bond acceptors (Lipinski definition) is 4. The molecule has 0 aliphatic heterocycles. The summed E-state index contributed by atoms with van der Waals surface area (Å²) in [7, 11) is 0. The zero-order valence-corrected chi connectivity index (χ0v) is 10.1. The molecule has 5 nitrogen and oxygen atoms in total. The van der Waals surface area contributed by atoms with Crippen molar-refractivity contribution in [2.24, 2.45) is 0 Å². The maximum absolute atomic E-state index is 5.44. The van der Waals surface area contributed by atoms with E-state index in [1.54, 1.807) is 0 Å². The van der Waals surface area contributed by atoms with Gasteiger partial charge in [-0.3, -0.25) is 0 Å². The minimum Gasteiger partial charge on any atom is -0.368 e. The fourth-order valence-corrected chi connectivity index (χ4v) is 1.75. The van der Waals surface area contributed by atoms with Crippen LogP contribution in [0.2, 0.25) is 0 Å². The van der Waals surface area contributed by atoms with Gasteiger partial charge < -0.3 is 11.1 Å². The third kappa shape index (κ3) is 2.75. The van der Waals surface area contributed by atoms with E-state index in [9.17, 15) is 0 Å². The molecular weight excluding hydrogens is 214 g/mol. The third-order valence-electron chi connectivity index (χ3n) is 2.90. The average Bonchev–Trinajstić information content (AvgIpc) is 2.70. The van der Waals surface area contributed by atoms with E-state index in [1.165, 1.54) is 16.7 Å². The number of aromatic nitrogens is 3. The molecule has 0 saturated carbocycles. The van der Waals surface area contributed by atoms with Crippen molar-refractivity contribution in [3.05, 3.63) is 34.9 Å². The Kier molecular flexibility index (Phi) is 3.27. The Morgan fingerprint density at radius 3 is 2.88 bits per heavy atom. The van der Waals surface area contributed by atoms with Crippen molar-refractivity contribution in [3.63, 3.8) is 0 Å². The Hall–Kier alpha value is -2.04. The Labute approximate surface area is 100 Å². The summed E-state index contributed by atoms with van der Waals surface area (Å²) in [5.74, 6) is 0.882. The highest BCUT2D eigenvalue weighted by Gasteiger charge is 2.02. The molecule has 0 saturated heterocycles. The average molecular weight is 231 g/mol. The summed E-state index contributed by atoms with van der Waals surface area (Å²) in [6.45, 7) is 5.07. The van der Waals surface area contributed by atoms with Gasteiger partial charge in [0.2, 0.25) is 11.9 Å². The van der Waals surface area contributed by atoms with Gasteiger partial charge in [-0.05, 0) is 37.0 Å². The van der Waals surface area contributed by atoms with Crippen LogP contribution in [0.15, 0.2) is 18.2 Å². The van der Waals surface area contributed by atoms with E-state index >= 15 is 0 Å². The predicted octanol–water partition coefficient (Wildman–Crippen LogP) is 1.66. The van der Waals surface area contributed by atoms with Crippen LogP contribution < -0.4 is 11.1 Å². The number of nitrogens with zero attached hydrogens (tertiary/aromatic N) is 2. The monoisotopic (exact) mass is 231 g/mol. The molecule has 0 aliphatic carbocycles. The Morgan fingerprint density at radius 2 is 2.18 bits per heavy atom. The molecule has 1 aromatic carbocycles. The number of nitrogens with two attached hydrogens (primary N) is 1. The topological polar surface area (TPSA) is 79.6 Å². The summed E-state index contributed by atoms with van der Waals surface area (Å²) in [4.78, 5) is 3.98. The minimum absolute atomic E-state index is 0.333. The Bertz CT molecular complexity index is 503. The van der Waals surface area contributed by atoms with E-state index < -0.39 is 0 Å². The smallest absolute Gasteiger partial charge is 0.243 e. The Morgan fingerprint density at radius 1 is 1.35 bits per heavy atom. The molecule has 0 spiro atoms. The van der Waals surface area contributed by atoms with Crippen LogP contribution in [-0.2, 0) is 6.42 Å². The van der Waals surface area contributed by atoms with Gasteiger partial charge in [0.25, 0.3) is 0 Å². The maximum Gasteiger partial charge on any atom is 0.243 e. The fourth-order valence-electron chi connectivity index (χ4n) is 1.75. The second-order valence-corrected chi connectivity index (χ2v) is 4.08. The molecule has 2 aromatic rings. The number of nitrogens with one attached hydrogen (secondary N) is 2. The molecule has 0 amide bonds. The van der Waals surface area contributed by atoms with Gasteiger partial charge in [0, 0.05) is 6.54 Å². The molecule has 4 N–H and O–H groups in total. The van der Waals surface area contributed by atoms with Crippen LogP contribution in [0.25, 0.3) is 0 Å². The standard InChI is InChI=1S/C12H17N5/c1-8-4-3-5-10(9(8)2)6-7-14-12-15-11(13)16-17-12/h3-5H,6-7H2,1-2H3,(H4,13,14,15,16,17). The lowest BCUT2D eigenvalue weighted by atomic mass is 10.0. The van der Waals surface area contributed by atoms with Crippen molar-refractivity contribution in [2.75, 3.05) is 17.6 Å². The van der Waals surface area contributed by atoms with Gasteiger partial charge in [-0.2, -0.15) is 4.98 Å². The number of benzene rings is 1. The fraction of sp³-hybridized carbons (Fsp3) is 0.333. The quantitative estimate of drug-likeness (QED) is 0.747. The van der Waals surface area contributed by atoms with Crippen LogP contribution >= 0.6 is 0 Å². The largest absolute Gasteiger partial charge is 0.368 e. The molecule has 0 bridgehead atoms. The number of hydrogen-bond donors (Lipinski definition) is 3. The summed E-state index contributed by atoms with van der Waals surface area (Å²) in [5, 5.41) is 9.63. The number of nitrogen functional groups attached to an aromatic ring is 1. The highest BCUT2D eigenvalue weighted by Crippen LogP contribution is 2.13. The molecule has 0 unspecified atom stereocenters. The van der Waals surface area contributed by atoms with Crippen molar-refractivity contribution in [1.29, 1.82) is 0 Å². The molecule has 5 heteroatoms. The van der Waals surface area contributed by atoms with Crippen LogP contribution in [-0.4, -0.2) is 21.7 Å². The summed E-state index contributed by atoms with van der Waals surface area (Å²) in [6.07, 6.45) is 0.946. The maximum atomic E-state index is 5.44. The van der Waals surface area contributed by atoms with E-state index in [-0.39, 0.29) is 0 Å². The SMILES string of the molecule is Cc1cccc(CCNc2n[nH]c(N)n2)c1C. The van der Waals surface area contributed by atoms with E-state index in [1.807, 2.05) is 0 Å². The number of aromatic amines is 1. The third-order valence-corrected chi connectivity index (χ3v) is 2.90.